The lowest BCUT2D eigenvalue weighted by atomic mass is 9.81. The summed E-state index contributed by atoms with van der Waals surface area (Å²) < 4.78 is 24.1. The third-order valence-electron chi connectivity index (χ3n) is 5.91. The topological polar surface area (TPSA) is 138 Å². The van der Waals surface area contributed by atoms with Crippen LogP contribution in [0.5, 0.6) is 0 Å². The lowest BCUT2D eigenvalue weighted by Gasteiger charge is -2.33. The van der Waals surface area contributed by atoms with Crippen LogP contribution in [-0.2, 0) is 20.2 Å². The molecule has 0 saturated carbocycles. The van der Waals surface area contributed by atoms with Gasteiger partial charge in [-0.3, -0.25) is 19.7 Å². The van der Waals surface area contributed by atoms with E-state index in [4.69, 9.17) is 25.6 Å². The van der Waals surface area contributed by atoms with Crippen LogP contribution in [0, 0.1) is 0 Å². The normalized spacial score (nSPS) is 18.9. The molecule has 5 rings (SSSR count). The van der Waals surface area contributed by atoms with E-state index in [9.17, 15) is 8.42 Å². The largest absolute Gasteiger partial charge is 0.481 e. The lowest BCUT2D eigenvalue weighted by molar-refractivity contribution is -0.134. The van der Waals surface area contributed by atoms with Crippen molar-refractivity contribution in [2.45, 2.75) is 23.8 Å². The van der Waals surface area contributed by atoms with Crippen LogP contribution in [0.1, 0.15) is 24.5 Å². The molecule has 3 N–H and O–H groups in total. The second-order valence-electron chi connectivity index (χ2n) is 8.53. The molecule has 0 amide bonds. The van der Waals surface area contributed by atoms with Gasteiger partial charge in [-0.2, -0.15) is 0 Å². The van der Waals surface area contributed by atoms with E-state index in [2.05, 4.69) is 4.98 Å². The van der Waals surface area contributed by atoms with Crippen LogP contribution in [0.25, 0.3) is 11.1 Å². The third kappa shape index (κ3) is 4.85. The molecule has 2 aliphatic rings. The van der Waals surface area contributed by atoms with E-state index < -0.39 is 21.3 Å². The maximum absolute atomic E-state index is 12.1. The Morgan fingerprint density at radius 2 is 1.67 bits per heavy atom. The number of hydrogen-bond acceptors (Lipinski definition) is 8. The Labute approximate surface area is 210 Å². The summed E-state index contributed by atoms with van der Waals surface area (Å²) in [6.45, 7) is 2.58. The van der Waals surface area contributed by atoms with Crippen molar-refractivity contribution in [1.82, 2.24) is 9.88 Å². The van der Waals surface area contributed by atoms with E-state index >= 15 is 0 Å². The summed E-state index contributed by atoms with van der Waals surface area (Å²) in [7, 11) is -3.31. The fourth-order valence-electron chi connectivity index (χ4n) is 4.40. The number of aliphatic carboxylic acids is 1. The number of hydrogen-bond donors (Lipinski definition) is 2. The molecule has 3 aromatic rings. The summed E-state index contributed by atoms with van der Waals surface area (Å²) in [5.74, 6) is 0.430. The first-order chi connectivity index (χ1) is 17.1. The molecule has 2 aliphatic heterocycles. The number of amidine groups is 1. The SMILES string of the molecule is CC(=O)O.CS(=O)(=O)c1cccc(-c2cccc(C3(c4ccncc4)N=C(N)N4CCCN=C43)c2)c1. The molecule has 0 spiro atoms. The Hall–Kier alpha value is -4.05. The predicted molar refractivity (Wildman–Crippen MR) is 139 cm³/mol. The van der Waals surface area contributed by atoms with Crippen molar-refractivity contribution in [1.29, 1.82) is 0 Å². The van der Waals surface area contributed by atoms with Gasteiger partial charge in [-0.1, -0.05) is 30.3 Å². The Balaban J connectivity index is 0.000000709. The molecule has 0 bridgehead atoms. The highest BCUT2D eigenvalue weighted by atomic mass is 32.2. The van der Waals surface area contributed by atoms with Crippen LogP contribution in [0.15, 0.2) is 87.9 Å². The number of nitrogens with zero attached hydrogens (tertiary/aromatic N) is 4. The second kappa shape index (κ2) is 9.90. The minimum Gasteiger partial charge on any atom is -0.481 e. The van der Waals surface area contributed by atoms with Crippen LogP contribution < -0.4 is 5.73 Å². The standard InChI is InChI=1S/C24H23N5O2S.C2H4O2/c1-32(30,31)21-8-3-6-18(16-21)17-5-2-7-20(15-17)24(19-9-12-26-13-10-19)22-27-11-4-14-29(22)23(25)28-24;1-2(3)4/h2-3,5-10,12-13,15-16H,4,11,14H2,1H3,(H2,25,28);1H3,(H,3,4). The van der Waals surface area contributed by atoms with E-state index in [0.29, 0.717) is 5.96 Å². The molecule has 1 atom stereocenters. The van der Waals surface area contributed by atoms with Gasteiger partial charge >= 0.3 is 0 Å². The molecule has 1 unspecified atom stereocenters. The van der Waals surface area contributed by atoms with E-state index in [0.717, 1.165) is 54.5 Å². The first kappa shape index (κ1) is 25.1. The van der Waals surface area contributed by atoms with Crippen LogP contribution >= 0.6 is 0 Å². The van der Waals surface area contributed by atoms with Crippen molar-refractivity contribution >= 4 is 27.6 Å². The first-order valence-electron chi connectivity index (χ1n) is 11.3. The van der Waals surface area contributed by atoms with Gasteiger partial charge < -0.3 is 10.8 Å². The maximum atomic E-state index is 12.1. The van der Waals surface area contributed by atoms with E-state index in [-0.39, 0.29) is 4.90 Å². The van der Waals surface area contributed by atoms with E-state index in [1.807, 2.05) is 47.4 Å². The monoisotopic (exact) mass is 505 g/mol. The van der Waals surface area contributed by atoms with Gasteiger partial charge in [0, 0.05) is 38.7 Å². The predicted octanol–water partition coefficient (Wildman–Crippen LogP) is 2.92. The van der Waals surface area contributed by atoms with E-state index in [1.165, 1.54) is 6.26 Å². The van der Waals surface area contributed by atoms with Crippen molar-refractivity contribution in [3.8, 4) is 11.1 Å². The molecule has 0 fully saturated rings. The number of sulfone groups is 1. The van der Waals surface area contributed by atoms with Crippen molar-refractivity contribution in [3.63, 3.8) is 0 Å². The molecule has 0 saturated heterocycles. The summed E-state index contributed by atoms with van der Waals surface area (Å²) >= 11 is 0. The lowest BCUT2D eigenvalue weighted by Crippen LogP contribution is -2.46. The molecule has 9 nitrogen and oxygen atoms in total. The van der Waals surface area contributed by atoms with Crippen molar-refractivity contribution in [3.05, 3.63) is 84.2 Å². The van der Waals surface area contributed by atoms with Crippen LogP contribution in [-0.4, -0.2) is 60.5 Å². The number of fused-ring (bicyclic) bond motifs is 1. The fraction of sp³-hybridized carbons (Fsp3) is 0.231. The zero-order valence-corrected chi connectivity index (χ0v) is 20.8. The van der Waals surface area contributed by atoms with Gasteiger partial charge in [0.1, 0.15) is 5.84 Å². The minimum absolute atomic E-state index is 0.287. The smallest absolute Gasteiger partial charge is 0.300 e. The summed E-state index contributed by atoms with van der Waals surface area (Å²) in [5.41, 5.74) is 9.05. The van der Waals surface area contributed by atoms with Gasteiger partial charge in [0.05, 0.1) is 4.90 Å². The molecular formula is C26H27N5O4S. The number of aliphatic imine (C=N–C) groups is 2. The number of carboxylic acid groups (broad SMARTS) is 1. The third-order valence-corrected chi connectivity index (χ3v) is 7.02. The summed E-state index contributed by atoms with van der Waals surface area (Å²) in [6, 6.07) is 18.8. The number of rotatable bonds is 4. The summed E-state index contributed by atoms with van der Waals surface area (Å²) in [6.07, 6.45) is 5.62. The molecule has 0 radical (unpaired) electrons. The molecule has 36 heavy (non-hydrogen) atoms. The second-order valence-corrected chi connectivity index (χ2v) is 10.5. The zero-order valence-electron chi connectivity index (χ0n) is 20.0. The van der Waals surface area contributed by atoms with Crippen molar-refractivity contribution in [2.24, 2.45) is 15.7 Å². The van der Waals surface area contributed by atoms with Gasteiger partial charge in [0.2, 0.25) is 0 Å². The van der Waals surface area contributed by atoms with Gasteiger partial charge in [-0.05, 0) is 59.0 Å². The number of carboxylic acids is 1. The van der Waals surface area contributed by atoms with Gasteiger partial charge in [-0.15, -0.1) is 0 Å². The highest BCUT2D eigenvalue weighted by Crippen LogP contribution is 2.42. The van der Waals surface area contributed by atoms with Crippen LogP contribution in [0.4, 0.5) is 0 Å². The summed E-state index contributed by atoms with van der Waals surface area (Å²) in [5, 5.41) is 7.42. The number of nitrogens with two attached hydrogens (primary N) is 1. The van der Waals surface area contributed by atoms with Crippen LogP contribution in [0.2, 0.25) is 0 Å². The molecule has 186 valence electrons. The molecule has 0 aliphatic carbocycles. The molecule has 1 aromatic heterocycles. The number of carbonyl (C=O) groups is 1. The first-order valence-corrected chi connectivity index (χ1v) is 13.2. The Kier molecular flexibility index (Phi) is 6.89. The number of aromatic nitrogens is 1. The van der Waals surface area contributed by atoms with E-state index in [1.54, 1.807) is 30.6 Å². The quantitative estimate of drug-likeness (QED) is 0.556. The van der Waals surface area contributed by atoms with Crippen molar-refractivity contribution in [2.75, 3.05) is 19.3 Å². The number of pyridine rings is 1. The average Bonchev–Trinajstić information content (AvgIpc) is 3.17. The summed E-state index contributed by atoms with van der Waals surface area (Å²) in [4.78, 5) is 25.3. The Morgan fingerprint density at radius 3 is 2.33 bits per heavy atom. The highest BCUT2D eigenvalue weighted by molar-refractivity contribution is 7.90. The average molecular weight is 506 g/mol. The van der Waals surface area contributed by atoms with Gasteiger partial charge in [-0.25, -0.2) is 13.4 Å². The zero-order chi connectivity index (χ0) is 25.9. The fourth-order valence-corrected chi connectivity index (χ4v) is 5.06. The van der Waals surface area contributed by atoms with Crippen molar-refractivity contribution < 1.29 is 18.3 Å². The van der Waals surface area contributed by atoms with Gasteiger partial charge in [0.25, 0.3) is 5.97 Å². The maximum Gasteiger partial charge on any atom is 0.300 e. The number of guanidine groups is 1. The van der Waals surface area contributed by atoms with Gasteiger partial charge in [0.15, 0.2) is 21.3 Å². The molecule has 10 heteroatoms. The number of benzene rings is 2. The molecule has 2 aromatic carbocycles. The Bertz CT molecular complexity index is 1450. The minimum atomic E-state index is -3.31. The highest BCUT2D eigenvalue weighted by Gasteiger charge is 2.49. The van der Waals surface area contributed by atoms with Crippen LogP contribution in [0.3, 0.4) is 0 Å². The molecular weight excluding hydrogens is 478 g/mol. The Morgan fingerprint density at radius 1 is 1.03 bits per heavy atom. The molecule has 3 heterocycles.